The van der Waals surface area contributed by atoms with Crippen molar-refractivity contribution in [2.75, 3.05) is 24.7 Å². The molecule has 8 rings (SSSR count). The van der Waals surface area contributed by atoms with Gasteiger partial charge in [0.15, 0.2) is 29.2 Å². The largest absolute Gasteiger partial charge is 0.386 e. The van der Waals surface area contributed by atoms with E-state index in [4.69, 9.17) is 34.3 Å². The number of imidazole rings is 2. The molecule has 1 spiro atoms. The van der Waals surface area contributed by atoms with Gasteiger partial charge in [-0.1, -0.05) is 38.3 Å². The molecule has 6 heterocycles. The summed E-state index contributed by atoms with van der Waals surface area (Å²) in [7, 11) is 0. The van der Waals surface area contributed by atoms with E-state index >= 15 is 0 Å². The van der Waals surface area contributed by atoms with E-state index in [2.05, 4.69) is 54.4 Å². The first kappa shape index (κ1) is 30.0. The van der Waals surface area contributed by atoms with Gasteiger partial charge in [0.05, 0.1) is 38.1 Å². The molecule has 17 nitrogen and oxygen atoms in total. The maximum Gasteiger partial charge on any atom is 0.386 e. The predicted molar refractivity (Wildman–Crippen MR) is 166 cm³/mol. The Bertz CT molecular complexity index is 1930. The predicted octanol–water partition coefficient (Wildman–Crippen LogP) is 3.45. The Morgan fingerprint density at radius 1 is 0.867 bits per heavy atom. The number of hydrogen-bond donors (Lipinski definition) is 4. The van der Waals surface area contributed by atoms with Crippen LogP contribution >= 0.6 is 38.1 Å². The minimum atomic E-state index is -4.01. The van der Waals surface area contributed by atoms with Gasteiger partial charge >= 0.3 is 13.6 Å². The van der Waals surface area contributed by atoms with Crippen LogP contribution in [-0.4, -0.2) is 70.6 Å². The summed E-state index contributed by atoms with van der Waals surface area (Å²) in [5.41, 5.74) is 13.2. The molecular formula is C24H30N10O7P2S2. The standard InChI is InChI=1S/C24H30N10O7P2S2/c1-10-13-4-37-42(35,44)41-18-11(2)16(33-8-31-14-19(25)27-6-29-21(14)33)12-3-24(12,18)5-38-43(36,45)40-17(10)23(39-13)34-9-32-15-20(26)28-7-30-22(15)34/h6-13,16-18,23H,3-5H2,1-2H3,(H,35,44)(H,36,45)(H2,25,27,29)(H2,26,28,30)/t10-,11+,12-,13-,16+,17-,18+,23-,24?,42+,43+/m1/s1. The van der Waals surface area contributed by atoms with Gasteiger partial charge in [-0.3, -0.25) is 18.1 Å². The quantitative estimate of drug-likeness (QED) is 0.174. The second-order valence-electron chi connectivity index (χ2n) is 12.1. The lowest BCUT2D eigenvalue weighted by Crippen LogP contribution is -2.32. The smallest absolute Gasteiger partial charge is 0.382 e. The third-order valence-corrected chi connectivity index (χ3v) is 12.8. The fraction of sp³-hybridized carbons (Fsp3) is 0.583. The molecule has 4 fully saturated rings. The van der Waals surface area contributed by atoms with Gasteiger partial charge in [-0.15, -0.1) is 0 Å². The van der Waals surface area contributed by atoms with Crippen molar-refractivity contribution in [3.8, 4) is 0 Å². The molecule has 0 aromatic carbocycles. The summed E-state index contributed by atoms with van der Waals surface area (Å²) in [5, 5.41) is 0. The first-order chi connectivity index (χ1) is 21.4. The topological polar surface area (TPSA) is 220 Å². The fourth-order valence-electron chi connectivity index (χ4n) is 7.39. The first-order valence-corrected chi connectivity index (χ1v) is 19.6. The third kappa shape index (κ3) is 4.73. The van der Waals surface area contributed by atoms with Gasteiger partial charge in [0, 0.05) is 23.3 Å². The molecule has 1 unspecified atom stereocenters. The van der Waals surface area contributed by atoms with Gasteiger partial charge in [0.25, 0.3) is 0 Å². The minimum Gasteiger partial charge on any atom is -0.382 e. The van der Waals surface area contributed by atoms with Crippen LogP contribution in [0.4, 0.5) is 11.6 Å². The zero-order valence-electron chi connectivity index (χ0n) is 23.9. The number of nitrogens with two attached hydrogens (primary N) is 2. The minimum absolute atomic E-state index is 0.0354. The Hall–Kier alpha value is -2.34. The lowest BCUT2D eigenvalue weighted by molar-refractivity contribution is -0.0484. The average Bonchev–Trinajstić information content (AvgIpc) is 3.28. The fourth-order valence-corrected chi connectivity index (χ4v) is 10.5. The Morgan fingerprint density at radius 3 is 2.18 bits per heavy atom. The highest BCUT2D eigenvalue weighted by Crippen LogP contribution is 2.75. The number of rotatable bonds is 2. The van der Waals surface area contributed by atoms with E-state index in [9.17, 15) is 9.13 Å². The molecule has 2 bridgehead atoms. The van der Waals surface area contributed by atoms with Crippen molar-refractivity contribution >= 4 is 72.1 Å². The zero-order chi connectivity index (χ0) is 31.5. The molecule has 0 radical (unpaired) electrons. The Labute approximate surface area is 266 Å². The van der Waals surface area contributed by atoms with Crippen LogP contribution in [0.25, 0.3) is 22.3 Å². The molecule has 4 aliphatic rings. The second kappa shape index (κ2) is 10.3. The summed E-state index contributed by atoms with van der Waals surface area (Å²) in [5.74, 6) is -0.231. The molecule has 11 atom stereocenters. The van der Waals surface area contributed by atoms with Crippen molar-refractivity contribution in [2.45, 2.75) is 50.8 Å². The van der Waals surface area contributed by atoms with E-state index < -0.39 is 49.5 Å². The van der Waals surface area contributed by atoms with Crippen molar-refractivity contribution in [1.29, 1.82) is 0 Å². The number of ether oxygens (including phenoxy) is 1. The number of nitrogens with zero attached hydrogens (tertiary/aromatic N) is 8. The Morgan fingerprint density at radius 2 is 1.49 bits per heavy atom. The summed E-state index contributed by atoms with van der Waals surface area (Å²) in [6, 6.07) is -0.188. The maximum absolute atomic E-state index is 13.9. The van der Waals surface area contributed by atoms with Gasteiger partial charge < -0.3 is 25.3 Å². The number of fused-ring (bicyclic) bond motifs is 4. The Balaban J connectivity index is 1.14. The van der Waals surface area contributed by atoms with E-state index in [0.717, 1.165) is 0 Å². The Kier molecular flexibility index (Phi) is 6.89. The molecule has 21 heteroatoms. The second-order valence-corrected chi connectivity index (χ2v) is 17.8. The van der Waals surface area contributed by atoms with E-state index in [1.54, 1.807) is 10.9 Å². The van der Waals surface area contributed by atoms with Crippen LogP contribution in [-0.2, 0) is 32.0 Å². The van der Waals surface area contributed by atoms with Crippen molar-refractivity contribution in [3.63, 3.8) is 0 Å². The number of aromatic nitrogens is 8. The van der Waals surface area contributed by atoms with Gasteiger partial charge in [-0.05, 0) is 12.3 Å². The number of hydrogen-bond acceptors (Lipinski definition) is 15. The van der Waals surface area contributed by atoms with E-state index in [-0.39, 0.29) is 42.7 Å². The van der Waals surface area contributed by atoms with Crippen molar-refractivity contribution < 1.29 is 32.0 Å². The van der Waals surface area contributed by atoms with Gasteiger partial charge in [0.2, 0.25) is 0 Å². The summed E-state index contributed by atoms with van der Waals surface area (Å²) in [6.07, 6.45) is 3.42. The van der Waals surface area contributed by atoms with Crippen LogP contribution in [0.5, 0.6) is 0 Å². The number of anilines is 2. The van der Waals surface area contributed by atoms with Gasteiger partial charge in [-0.25, -0.2) is 39.0 Å². The highest BCUT2D eigenvalue weighted by molar-refractivity contribution is 8.44. The molecular weight excluding hydrogens is 666 g/mol. The molecule has 2 aliphatic carbocycles. The molecule has 4 N–H and O–H groups in total. The summed E-state index contributed by atoms with van der Waals surface area (Å²) >= 11 is 8.76. The summed E-state index contributed by atoms with van der Waals surface area (Å²) < 4.78 is 61.9. The molecule has 4 aromatic heterocycles. The van der Waals surface area contributed by atoms with E-state index in [1.807, 2.05) is 18.4 Å². The normalized spacial score (nSPS) is 41.7. The van der Waals surface area contributed by atoms with E-state index in [1.165, 1.54) is 19.0 Å². The van der Waals surface area contributed by atoms with E-state index in [0.29, 0.717) is 28.7 Å². The summed E-state index contributed by atoms with van der Waals surface area (Å²) in [6.45, 7) is -4.34. The molecule has 240 valence electrons. The van der Waals surface area contributed by atoms with Crippen LogP contribution < -0.4 is 11.5 Å². The highest BCUT2D eigenvalue weighted by atomic mass is 32.7. The number of thiol groups is 2. The van der Waals surface area contributed by atoms with Crippen molar-refractivity contribution in [2.24, 2.45) is 23.2 Å². The van der Waals surface area contributed by atoms with Crippen LogP contribution in [0.15, 0.2) is 25.3 Å². The molecule has 4 aromatic rings. The van der Waals surface area contributed by atoms with Crippen LogP contribution in [0.3, 0.4) is 0 Å². The van der Waals surface area contributed by atoms with Crippen LogP contribution in [0.2, 0.25) is 0 Å². The third-order valence-electron chi connectivity index (χ3n) is 9.64. The SMILES string of the molecule is C[C@H]1[C@H]2O[P@@](=O)(S)OCC34C[C@@H]3[C@@H](n3cnc5c(N)ncnc53)[C@H](C)[C@@H]4O[P@@](=O)(S)OC[C@H]1O[C@H]2n1cnc2c(N)ncnc21. The molecule has 0 amide bonds. The molecule has 2 saturated carbocycles. The molecule has 2 aliphatic heterocycles. The van der Waals surface area contributed by atoms with Crippen molar-refractivity contribution in [1.82, 2.24) is 39.0 Å². The lowest BCUT2D eigenvalue weighted by atomic mass is 9.94. The number of nitrogen functional groups attached to an aromatic ring is 2. The average molecular weight is 697 g/mol. The lowest BCUT2D eigenvalue weighted by Gasteiger charge is -2.31. The molecule has 2 saturated heterocycles. The highest BCUT2D eigenvalue weighted by Gasteiger charge is 2.72. The monoisotopic (exact) mass is 696 g/mol. The van der Waals surface area contributed by atoms with Crippen LogP contribution in [0.1, 0.15) is 32.5 Å². The van der Waals surface area contributed by atoms with Crippen molar-refractivity contribution in [3.05, 3.63) is 25.3 Å². The zero-order valence-corrected chi connectivity index (χ0v) is 27.5. The van der Waals surface area contributed by atoms with Gasteiger partial charge in [0.1, 0.15) is 29.8 Å². The summed E-state index contributed by atoms with van der Waals surface area (Å²) in [4.78, 5) is 25.5. The maximum atomic E-state index is 13.9. The van der Waals surface area contributed by atoms with Crippen LogP contribution in [0, 0.1) is 23.2 Å². The van der Waals surface area contributed by atoms with Gasteiger partial charge in [-0.2, -0.15) is 0 Å². The molecule has 45 heavy (non-hydrogen) atoms. The first-order valence-electron chi connectivity index (χ1n) is 14.2.